The van der Waals surface area contributed by atoms with Gasteiger partial charge in [-0.25, -0.2) is 12.8 Å². The number of nitrogens with zero attached hydrogens (tertiary/aromatic N) is 1. The molecule has 37 heavy (non-hydrogen) atoms. The van der Waals surface area contributed by atoms with Crippen molar-refractivity contribution in [2.75, 3.05) is 11.1 Å². The van der Waals surface area contributed by atoms with Gasteiger partial charge in [0.15, 0.2) is 0 Å². The summed E-state index contributed by atoms with van der Waals surface area (Å²) in [5.41, 5.74) is 5.36. The van der Waals surface area contributed by atoms with Crippen molar-refractivity contribution in [3.63, 3.8) is 0 Å². The summed E-state index contributed by atoms with van der Waals surface area (Å²) < 4.78 is 39.4. The molecule has 2 N–H and O–H groups in total. The number of nitrogens with one attached hydrogen (secondary N) is 2. The average molecular weight is 526 g/mol. The number of allylic oxidation sites excluding steroid dienone is 2. The highest BCUT2D eigenvalue weighted by Gasteiger charge is 2.52. The maximum Gasteiger partial charge on any atom is 0.235 e. The molecule has 0 bridgehead atoms. The fraction of sp³-hybridized carbons (Fsp3) is 0.464. The number of fused-ring (bicyclic) bond motifs is 5. The first-order valence-electron chi connectivity index (χ1n) is 12.8. The minimum Gasteiger partial charge on any atom is -0.326 e. The van der Waals surface area contributed by atoms with Crippen LogP contribution in [0, 0.1) is 23.1 Å². The Morgan fingerprint density at radius 1 is 1.19 bits per heavy atom. The Bertz CT molecular complexity index is 1390. The largest absolute Gasteiger partial charge is 0.326 e. The second-order valence-electron chi connectivity index (χ2n) is 10.8. The van der Waals surface area contributed by atoms with Crippen LogP contribution in [0.25, 0.3) is 5.57 Å². The van der Waals surface area contributed by atoms with Crippen LogP contribution in [-0.2, 0) is 26.0 Å². The molecule has 9 heteroatoms. The molecule has 2 amide bonds. The molecule has 3 aliphatic carbocycles. The lowest BCUT2D eigenvalue weighted by Gasteiger charge is -2.50. The number of halogens is 1. The van der Waals surface area contributed by atoms with Gasteiger partial charge < -0.3 is 5.32 Å². The van der Waals surface area contributed by atoms with E-state index >= 15 is 0 Å². The molecule has 7 nitrogen and oxygen atoms in total. The van der Waals surface area contributed by atoms with E-state index in [9.17, 15) is 22.4 Å². The SMILES string of the molecule is CC(=O)NS(=O)(=O)CCC(=O)Nc1ccc2c(c1)CC[C@@H]1C2CC[C@]2(C)C(c3cncc(F)c3)=CCC12. The zero-order valence-corrected chi connectivity index (χ0v) is 21.9. The number of aryl methyl sites for hydroxylation is 1. The number of carbonyl (C=O) groups excluding carboxylic acids is 2. The van der Waals surface area contributed by atoms with Crippen LogP contribution in [0.5, 0.6) is 0 Å². The minimum atomic E-state index is -3.82. The van der Waals surface area contributed by atoms with E-state index in [0.717, 1.165) is 44.6 Å². The van der Waals surface area contributed by atoms with E-state index in [1.54, 1.807) is 12.3 Å². The van der Waals surface area contributed by atoms with Gasteiger partial charge in [-0.2, -0.15) is 0 Å². The fourth-order valence-electron chi connectivity index (χ4n) is 6.95. The van der Waals surface area contributed by atoms with Crippen LogP contribution in [0.2, 0.25) is 0 Å². The molecule has 0 spiro atoms. The van der Waals surface area contributed by atoms with E-state index in [1.165, 1.54) is 22.9 Å². The van der Waals surface area contributed by atoms with Crippen molar-refractivity contribution in [2.24, 2.45) is 17.3 Å². The number of hydrogen-bond acceptors (Lipinski definition) is 5. The number of amides is 2. The lowest BCUT2D eigenvalue weighted by Crippen LogP contribution is -2.40. The maximum absolute atomic E-state index is 13.9. The predicted octanol–water partition coefficient (Wildman–Crippen LogP) is 4.56. The molecule has 196 valence electrons. The number of anilines is 1. The molecule has 2 unspecified atom stereocenters. The first-order valence-corrected chi connectivity index (χ1v) is 14.5. The number of benzene rings is 1. The Morgan fingerprint density at radius 3 is 2.76 bits per heavy atom. The summed E-state index contributed by atoms with van der Waals surface area (Å²) in [5.74, 6) is -0.340. The second kappa shape index (κ2) is 9.67. The van der Waals surface area contributed by atoms with Crippen LogP contribution in [0.1, 0.15) is 68.6 Å². The Kier molecular flexibility index (Phi) is 6.68. The Labute approximate surface area is 217 Å². The van der Waals surface area contributed by atoms with Gasteiger partial charge in [0.2, 0.25) is 21.8 Å². The monoisotopic (exact) mass is 525 g/mol. The third-order valence-corrected chi connectivity index (χ3v) is 9.84. The molecule has 0 radical (unpaired) electrons. The predicted molar refractivity (Wildman–Crippen MR) is 139 cm³/mol. The van der Waals surface area contributed by atoms with E-state index in [4.69, 9.17) is 0 Å². The Morgan fingerprint density at radius 2 is 2.00 bits per heavy atom. The molecule has 0 aliphatic heterocycles. The molecule has 2 aromatic rings. The molecule has 1 aromatic heterocycles. The quantitative estimate of drug-likeness (QED) is 0.575. The van der Waals surface area contributed by atoms with Gasteiger partial charge >= 0.3 is 0 Å². The summed E-state index contributed by atoms with van der Waals surface area (Å²) >= 11 is 0. The molecular weight excluding hydrogens is 493 g/mol. The van der Waals surface area contributed by atoms with Gasteiger partial charge in [0.05, 0.1) is 11.9 Å². The van der Waals surface area contributed by atoms with E-state index in [-0.39, 0.29) is 17.7 Å². The van der Waals surface area contributed by atoms with Crippen molar-refractivity contribution >= 4 is 33.1 Å². The van der Waals surface area contributed by atoms with Crippen molar-refractivity contribution < 1.29 is 22.4 Å². The number of hydrogen-bond donors (Lipinski definition) is 2. The average Bonchev–Trinajstić information content (AvgIpc) is 3.19. The van der Waals surface area contributed by atoms with E-state index in [2.05, 4.69) is 29.4 Å². The molecule has 5 rings (SSSR count). The van der Waals surface area contributed by atoms with Gasteiger partial charge in [-0.05, 0) is 95.7 Å². The normalized spacial score (nSPS) is 26.4. The van der Waals surface area contributed by atoms with Crippen LogP contribution in [0.4, 0.5) is 10.1 Å². The molecule has 1 aromatic carbocycles. The van der Waals surface area contributed by atoms with Gasteiger partial charge in [-0.1, -0.05) is 19.1 Å². The van der Waals surface area contributed by atoms with Crippen LogP contribution in [-0.4, -0.2) is 31.0 Å². The van der Waals surface area contributed by atoms with Gasteiger partial charge in [-0.15, -0.1) is 0 Å². The van der Waals surface area contributed by atoms with Crippen molar-refractivity contribution in [1.82, 2.24) is 9.71 Å². The highest BCUT2D eigenvalue weighted by Crippen LogP contribution is 2.63. The third-order valence-electron chi connectivity index (χ3n) is 8.50. The van der Waals surface area contributed by atoms with Crippen LogP contribution >= 0.6 is 0 Å². The van der Waals surface area contributed by atoms with Crippen LogP contribution in [0.3, 0.4) is 0 Å². The molecular formula is C28H32FN3O4S. The topological polar surface area (TPSA) is 105 Å². The fourth-order valence-corrected chi connectivity index (χ4v) is 7.95. The van der Waals surface area contributed by atoms with Crippen LogP contribution < -0.4 is 10.0 Å². The Hall–Kier alpha value is -3.07. The standard InChI is InChI=1S/C28H32FN3O4S/c1-17(33)32-37(35,36)12-10-27(34)31-21-4-6-22-18(14-21)3-5-24-23(22)9-11-28(2)25(7-8-26(24)28)19-13-20(29)16-30-15-19/h4,6-7,13-16,23-24,26H,3,5,8-12H2,1-2H3,(H,31,34)(H,32,33)/t23?,24-,26?,28-/m1/s1. The van der Waals surface area contributed by atoms with Gasteiger partial charge in [0.1, 0.15) is 5.82 Å². The lowest BCUT2D eigenvalue weighted by atomic mass is 9.54. The molecule has 0 saturated heterocycles. The first-order chi connectivity index (χ1) is 17.6. The third kappa shape index (κ3) is 5.06. The number of carbonyl (C=O) groups is 2. The summed E-state index contributed by atoms with van der Waals surface area (Å²) in [6, 6.07) is 7.61. The smallest absolute Gasteiger partial charge is 0.235 e. The summed E-state index contributed by atoms with van der Waals surface area (Å²) in [6.07, 6.45) is 10.1. The highest BCUT2D eigenvalue weighted by molar-refractivity contribution is 7.90. The van der Waals surface area contributed by atoms with Crippen molar-refractivity contribution in [2.45, 2.75) is 58.3 Å². The maximum atomic E-state index is 13.9. The zero-order chi connectivity index (χ0) is 26.4. The summed E-state index contributed by atoms with van der Waals surface area (Å²) in [4.78, 5) is 27.4. The summed E-state index contributed by atoms with van der Waals surface area (Å²) in [6.45, 7) is 3.45. The van der Waals surface area contributed by atoms with Gasteiger partial charge in [-0.3, -0.25) is 19.3 Å². The van der Waals surface area contributed by atoms with Crippen molar-refractivity contribution in [3.8, 4) is 0 Å². The van der Waals surface area contributed by atoms with Crippen LogP contribution in [0.15, 0.2) is 42.7 Å². The highest BCUT2D eigenvalue weighted by atomic mass is 32.2. The first kappa shape index (κ1) is 25.6. The zero-order valence-electron chi connectivity index (χ0n) is 21.1. The molecule has 3 aliphatic rings. The second-order valence-corrected chi connectivity index (χ2v) is 12.6. The van der Waals surface area contributed by atoms with Crippen molar-refractivity contribution in [3.05, 3.63) is 65.2 Å². The van der Waals surface area contributed by atoms with Gasteiger partial charge in [0, 0.05) is 25.2 Å². The number of sulfonamides is 1. The number of aromatic nitrogens is 1. The number of pyridine rings is 1. The number of rotatable bonds is 6. The summed E-state index contributed by atoms with van der Waals surface area (Å²) in [7, 11) is -3.82. The van der Waals surface area contributed by atoms with E-state index in [1.807, 2.05) is 16.9 Å². The Balaban J connectivity index is 1.27. The van der Waals surface area contributed by atoms with E-state index in [0.29, 0.717) is 23.4 Å². The molecule has 1 saturated carbocycles. The van der Waals surface area contributed by atoms with E-state index < -0.39 is 27.6 Å². The summed E-state index contributed by atoms with van der Waals surface area (Å²) in [5, 5.41) is 2.80. The van der Waals surface area contributed by atoms with Gasteiger partial charge in [0.25, 0.3) is 0 Å². The molecule has 1 fully saturated rings. The minimum absolute atomic E-state index is 0.0135. The molecule has 4 atom stereocenters. The van der Waals surface area contributed by atoms with Crippen molar-refractivity contribution in [1.29, 1.82) is 0 Å². The molecule has 1 heterocycles. The lowest BCUT2D eigenvalue weighted by molar-refractivity contribution is -0.117.